The first-order valence-electron chi connectivity index (χ1n) is 3.49. The van der Waals surface area contributed by atoms with Gasteiger partial charge in [-0.25, -0.2) is 0 Å². The molecule has 1 heterocycles. The Morgan fingerprint density at radius 2 is 2.00 bits per heavy atom. The van der Waals surface area contributed by atoms with Gasteiger partial charge in [0, 0.05) is 19.4 Å². The molecule has 1 aliphatic heterocycles. The second kappa shape index (κ2) is 3.62. The van der Waals surface area contributed by atoms with Crippen LogP contribution < -0.4 is 0 Å². The molecule has 0 saturated carbocycles. The first kappa shape index (κ1) is 6.75. The minimum atomic E-state index is 0.356. The molecule has 0 aliphatic carbocycles. The highest BCUT2D eigenvalue weighted by Gasteiger charge is 2.04. The highest BCUT2D eigenvalue weighted by molar-refractivity contribution is 5.78. The average molecular weight is 128 g/mol. The second-order valence-corrected chi connectivity index (χ2v) is 2.36. The van der Waals surface area contributed by atoms with Gasteiger partial charge in [0.1, 0.15) is 5.78 Å². The Morgan fingerprint density at radius 1 is 1.11 bits per heavy atom. The molecule has 0 radical (unpaired) electrons. The van der Waals surface area contributed by atoms with Gasteiger partial charge >= 0.3 is 0 Å². The minimum Gasteiger partial charge on any atom is -0.381 e. The molecule has 9 heavy (non-hydrogen) atoms. The standard InChI is InChI=1S/C7H12O2/c8-7-3-1-2-5-9-6-4-7/h1-6H2. The SMILES string of the molecule is O=C1CCCCOCC1. The molecule has 0 N–H and O–H groups in total. The largest absolute Gasteiger partial charge is 0.381 e. The molecule has 1 aliphatic rings. The fourth-order valence-electron chi connectivity index (χ4n) is 0.939. The van der Waals surface area contributed by atoms with Gasteiger partial charge in [0.2, 0.25) is 0 Å². The Labute approximate surface area is 55.2 Å². The van der Waals surface area contributed by atoms with Crippen LogP contribution in [0.1, 0.15) is 25.7 Å². The molecule has 0 unspecified atom stereocenters. The lowest BCUT2D eigenvalue weighted by Crippen LogP contribution is -2.08. The molecule has 0 aromatic carbocycles. The van der Waals surface area contributed by atoms with Crippen LogP contribution in [0, 0.1) is 0 Å². The van der Waals surface area contributed by atoms with Crippen molar-refractivity contribution in [1.29, 1.82) is 0 Å². The lowest BCUT2D eigenvalue weighted by Gasteiger charge is -2.07. The summed E-state index contributed by atoms with van der Waals surface area (Å²) in [6.07, 6.45) is 3.45. The Bertz CT molecular complexity index is 89.1. The van der Waals surface area contributed by atoms with Crippen LogP contribution in [0.4, 0.5) is 0 Å². The van der Waals surface area contributed by atoms with E-state index < -0.39 is 0 Å². The van der Waals surface area contributed by atoms with Crippen molar-refractivity contribution in [1.82, 2.24) is 0 Å². The van der Waals surface area contributed by atoms with Crippen LogP contribution >= 0.6 is 0 Å². The van der Waals surface area contributed by atoms with Gasteiger partial charge in [0.15, 0.2) is 0 Å². The van der Waals surface area contributed by atoms with Crippen molar-refractivity contribution in [3.63, 3.8) is 0 Å². The molecule has 2 heteroatoms. The van der Waals surface area contributed by atoms with Gasteiger partial charge in [-0.1, -0.05) is 0 Å². The third kappa shape index (κ3) is 2.61. The first-order valence-corrected chi connectivity index (χ1v) is 3.49. The lowest BCUT2D eigenvalue weighted by molar-refractivity contribution is -0.121. The van der Waals surface area contributed by atoms with Gasteiger partial charge in [-0.15, -0.1) is 0 Å². The summed E-state index contributed by atoms with van der Waals surface area (Å²) in [4.78, 5) is 10.8. The second-order valence-electron chi connectivity index (χ2n) is 2.36. The number of ketones is 1. The number of carbonyl (C=O) groups is 1. The summed E-state index contributed by atoms with van der Waals surface area (Å²) < 4.78 is 5.12. The summed E-state index contributed by atoms with van der Waals surface area (Å²) >= 11 is 0. The van der Waals surface area contributed by atoms with E-state index in [1.807, 2.05) is 0 Å². The predicted molar refractivity (Wildman–Crippen MR) is 34.3 cm³/mol. The highest BCUT2D eigenvalue weighted by Crippen LogP contribution is 2.03. The van der Waals surface area contributed by atoms with E-state index in [1.54, 1.807) is 0 Å². The molecule has 2 nitrogen and oxygen atoms in total. The molecule has 0 aromatic rings. The van der Waals surface area contributed by atoms with Gasteiger partial charge in [-0.05, 0) is 12.8 Å². The summed E-state index contributed by atoms with van der Waals surface area (Å²) in [5, 5.41) is 0. The maximum Gasteiger partial charge on any atom is 0.135 e. The van der Waals surface area contributed by atoms with Gasteiger partial charge < -0.3 is 4.74 Å². The molecular weight excluding hydrogens is 116 g/mol. The number of carbonyl (C=O) groups excluding carboxylic acids is 1. The fourth-order valence-corrected chi connectivity index (χ4v) is 0.939. The van der Waals surface area contributed by atoms with E-state index in [0.717, 1.165) is 25.9 Å². The molecule has 0 amide bonds. The number of hydrogen-bond donors (Lipinski definition) is 0. The Kier molecular flexibility index (Phi) is 2.71. The molecule has 1 rings (SSSR count). The Balaban J connectivity index is 2.20. The molecule has 0 aromatic heterocycles. The van der Waals surface area contributed by atoms with E-state index in [9.17, 15) is 4.79 Å². The van der Waals surface area contributed by atoms with Gasteiger partial charge in [-0.3, -0.25) is 4.79 Å². The van der Waals surface area contributed by atoms with Crippen molar-refractivity contribution < 1.29 is 9.53 Å². The highest BCUT2D eigenvalue weighted by atomic mass is 16.5. The van der Waals surface area contributed by atoms with Crippen LogP contribution in [0.25, 0.3) is 0 Å². The zero-order valence-electron chi connectivity index (χ0n) is 5.56. The average Bonchev–Trinajstić information content (AvgIpc) is 1.79. The van der Waals surface area contributed by atoms with E-state index in [0.29, 0.717) is 18.8 Å². The molecule has 0 bridgehead atoms. The van der Waals surface area contributed by atoms with Crippen LogP contribution in [0.3, 0.4) is 0 Å². The van der Waals surface area contributed by atoms with E-state index in [4.69, 9.17) is 4.74 Å². The number of ether oxygens (including phenoxy) is 1. The number of rotatable bonds is 0. The van der Waals surface area contributed by atoms with Gasteiger partial charge in [0.05, 0.1) is 6.61 Å². The molecule has 1 saturated heterocycles. The van der Waals surface area contributed by atoms with Crippen molar-refractivity contribution in [2.24, 2.45) is 0 Å². The normalized spacial score (nSPS) is 22.9. The summed E-state index contributed by atoms with van der Waals surface area (Å²) in [6.45, 7) is 1.48. The van der Waals surface area contributed by atoms with Crippen LogP contribution in [0.2, 0.25) is 0 Å². The zero-order chi connectivity index (χ0) is 6.53. The smallest absolute Gasteiger partial charge is 0.135 e. The Hall–Kier alpha value is -0.370. The van der Waals surface area contributed by atoms with E-state index in [1.165, 1.54) is 0 Å². The van der Waals surface area contributed by atoms with Crippen molar-refractivity contribution in [3.05, 3.63) is 0 Å². The van der Waals surface area contributed by atoms with Crippen molar-refractivity contribution in [3.8, 4) is 0 Å². The maximum absolute atomic E-state index is 10.8. The Morgan fingerprint density at radius 3 is 2.89 bits per heavy atom. The van der Waals surface area contributed by atoms with Crippen LogP contribution in [-0.4, -0.2) is 19.0 Å². The molecule has 52 valence electrons. The maximum atomic E-state index is 10.8. The van der Waals surface area contributed by atoms with Crippen molar-refractivity contribution in [2.75, 3.05) is 13.2 Å². The van der Waals surface area contributed by atoms with Crippen LogP contribution in [-0.2, 0) is 9.53 Å². The molecule has 0 spiro atoms. The third-order valence-corrected chi connectivity index (χ3v) is 1.52. The van der Waals surface area contributed by atoms with Gasteiger partial charge in [-0.2, -0.15) is 0 Å². The van der Waals surface area contributed by atoms with E-state index in [2.05, 4.69) is 0 Å². The van der Waals surface area contributed by atoms with Crippen LogP contribution in [0.15, 0.2) is 0 Å². The fraction of sp³-hybridized carbons (Fsp3) is 0.857. The third-order valence-electron chi connectivity index (χ3n) is 1.52. The number of Topliss-reactive ketones (excluding diaryl/α,β-unsaturated/α-hetero) is 1. The summed E-state index contributed by atoms with van der Waals surface area (Å²) in [5.41, 5.74) is 0. The van der Waals surface area contributed by atoms with E-state index in [-0.39, 0.29) is 0 Å². The summed E-state index contributed by atoms with van der Waals surface area (Å²) in [6, 6.07) is 0. The number of hydrogen-bond acceptors (Lipinski definition) is 2. The first-order chi connectivity index (χ1) is 4.39. The van der Waals surface area contributed by atoms with Crippen molar-refractivity contribution in [2.45, 2.75) is 25.7 Å². The van der Waals surface area contributed by atoms with Gasteiger partial charge in [0.25, 0.3) is 0 Å². The minimum absolute atomic E-state index is 0.356. The molecule has 1 fully saturated rings. The quantitative estimate of drug-likeness (QED) is 0.489. The van der Waals surface area contributed by atoms with Crippen molar-refractivity contribution >= 4 is 5.78 Å². The monoisotopic (exact) mass is 128 g/mol. The summed E-state index contributed by atoms with van der Waals surface area (Å²) in [5.74, 6) is 0.356. The molecular formula is C7H12O2. The lowest BCUT2D eigenvalue weighted by atomic mass is 10.1. The molecule has 0 atom stereocenters. The topological polar surface area (TPSA) is 26.3 Å². The zero-order valence-corrected chi connectivity index (χ0v) is 5.56. The van der Waals surface area contributed by atoms with Crippen LogP contribution in [0.5, 0.6) is 0 Å². The predicted octanol–water partition coefficient (Wildman–Crippen LogP) is 1.15. The summed E-state index contributed by atoms with van der Waals surface area (Å²) in [7, 11) is 0. The van der Waals surface area contributed by atoms with E-state index >= 15 is 0 Å².